The number of nitrogens with zero attached hydrogens (tertiary/aromatic N) is 3. The van der Waals surface area contributed by atoms with Gasteiger partial charge in [-0.2, -0.15) is 0 Å². The van der Waals surface area contributed by atoms with E-state index in [-0.39, 0.29) is 5.69 Å². The lowest BCUT2D eigenvalue weighted by molar-refractivity contribution is 0.0977. The molecule has 0 bridgehead atoms. The van der Waals surface area contributed by atoms with Crippen LogP contribution in [0.5, 0.6) is 0 Å². The van der Waals surface area contributed by atoms with Crippen molar-refractivity contribution in [3.63, 3.8) is 0 Å². The normalized spacial score (nSPS) is 11.2. The van der Waals surface area contributed by atoms with Crippen molar-refractivity contribution in [2.45, 2.75) is 0 Å². The maximum absolute atomic E-state index is 11.9. The van der Waals surface area contributed by atoms with Gasteiger partial charge >= 0.3 is 0 Å². The molecule has 0 saturated heterocycles. The molecule has 2 radical (unpaired) electrons. The molecule has 25 heavy (non-hydrogen) atoms. The summed E-state index contributed by atoms with van der Waals surface area (Å²) in [6.07, 6.45) is 5.74. The second-order valence-electron chi connectivity index (χ2n) is 5.15. The lowest BCUT2D eigenvalue weighted by Gasteiger charge is -2.03. The van der Waals surface area contributed by atoms with Gasteiger partial charge in [-0.15, -0.1) is 11.3 Å². The Balaban J connectivity index is 1.91. The molecule has 3 heterocycles. The lowest BCUT2D eigenvalue weighted by Crippen LogP contribution is -2.30. The molecule has 0 unspecified atom stereocenters. The highest BCUT2D eigenvalue weighted by atomic mass is 32.2. The fraction of sp³-hybridized carbons (Fsp3) is 0.0667. The Hall–Kier alpha value is -2.59. The summed E-state index contributed by atoms with van der Waals surface area (Å²) in [6.45, 7) is 0. The zero-order valence-electron chi connectivity index (χ0n) is 13.0. The predicted molar refractivity (Wildman–Crippen MR) is 96.3 cm³/mol. The number of pyridine rings is 2. The summed E-state index contributed by atoms with van der Waals surface area (Å²) < 4.78 is 24.2. The maximum atomic E-state index is 11.9. The van der Waals surface area contributed by atoms with E-state index in [0.29, 0.717) is 16.2 Å². The van der Waals surface area contributed by atoms with Crippen molar-refractivity contribution < 1.29 is 13.2 Å². The fourth-order valence-corrected chi connectivity index (χ4v) is 3.33. The van der Waals surface area contributed by atoms with Crippen LogP contribution in [0.1, 0.15) is 10.5 Å². The molecular formula is C15H11BN4O3S2. The van der Waals surface area contributed by atoms with Gasteiger partial charge in [0, 0.05) is 24.2 Å². The number of nitrogens with one attached hydrogen (secondary N) is 1. The van der Waals surface area contributed by atoms with Gasteiger partial charge in [0.2, 0.25) is 10.0 Å². The van der Waals surface area contributed by atoms with Crippen LogP contribution in [0.4, 0.5) is 0 Å². The van der Waals surface area contributed by atoms with Gasteiger partial charge in [-0.3, -0.25) is 9.78 Å². The van der Waals surface area contributed by atoms with E-state index in [1.807, 2.05) is 4.72 Å². The molecule has 0 aliphatic carbocycles. The van der Waals surface area contributed by atoms with E-state index in [0.717, 1.165) is 16.7 Å². The number of sulfonamides is 1. The summed E-state index contributed by atoms with van der Waals surface area (Å²) in [7, 11) is 2.07. The van der Waals surface area contributed by atoms with Crippen molar-refractivity contribution in [2.75, 3.05) is 6.26 Å². The molecule has 0 aliphatic heterocycles. The molecule has 3 rings (SSSR count). The zero-order chi connectivity index (χ0) is 18.0. The maximum Gasteiger partial charge on any atom is 0.283 e. The predicted octanol–water partition coefficient (Wildman–Crippen LogP) is 0.750. The standard InChI is InChI=1S/C15H11BN4O3S2/c1-25(22,23)20-14(21)12-4-2-3-11(19-12)13-8-18-15(24-13)9-5-10(16)7-17-6-9/h2-8H,1H3,(H,20,21). The number of carbonyl (C=O) groups is 1. The average molecular weight is 370 g/mol. The first kappa shape index (κ1) is 17.2. The summed E-state index contributed by atoms with van der Waals surface area (Å²) in [4.78, 5) is 25.2. The van der Waals surface area contributed by atoms with Crippen LogP contribution in [-0.4, -0.2) is 43.4 Å². The van der Waals surface area contributed by atoms with Gasteiger partial charge in [0.05, 0.1) is 16.8 Å². The van der Waals surface area contributed by atoms with Gasteiger partial charge in [-0.05, 0) is 12.1 Å². The number of hydrogen-bond acceptors (Lipinski definition) is 7. The highest BCUT2D eigenvalue weighted by Gasteiger charge is 2.14. The minimum absolute atomic E-state index is 0.00324. The Labute approximate surface area is 149 Å². The van der Waals surface area contributed by atoms with Crippen LogP contribution in [0.3, 0.4) is 0 Å². The fourth-order valence-electron chi connectivity index (χ4n) is 2.02. The van der Waals surface area contributed by atoms with Crippen molar-refractivity contribution in [1.29, 1.82) is 0 Å². The van der Waals surface area contributed by atoms with Crippen molar-refractivity contribution in [3.8, 4) is 21.1 Å². The number of aromatic nitrogens is 3. The van der Waals surface area contributed by atoms with Crippen LogP contribution in [0.15, 0.2) is 42.9 Å². The molecule has 0 saturated carbocycles. The smallest absolute Gasteiger partial charge is 0.266 e. The first-order valence-corrected chi connectivity index (χ1v) is 9.69. The summed E-state index contributed by atoms with van der Waals surface area (Å²) in [5.74, 6) is -0.783. The molecule has 124 valence electrons. The number of hydrogen-bond donors (Lipinski definition) is 1. The van der Waals surface area contributed by atoms with Crippen LogP contribution in [0.2, 0.25) is 0 Å². The minimum atomic E-state index is -3.65. The highest BCUT2D eigenvalue weighted by molar-refractivity contribution is 7.89. The molecule has 0 spiro atoms. The van der Waals surface area contributed by atoms with Gasteiger partial charge in [0.15, 0.2) is 0 Å². The molecule has 3 aromatic heterocycles. The Morgan fingerprint density at radius 2 is 2.04 bits per heavy atom. The van der Waals surface area contributed by atoms with Gasteiger partial charge in [0.1, 0.15) is 18.5 Å². The molecule has 0 aliphatic rings. The molecule has 0 atom stereocenters. The number of rotatable bonds is 4. The summed E-state index contributed by atoms with van der Waals surface area (Å²) >= 11 is 1.36. The minimum Gasteiger partial charge on any atom is -0.266 e. The van der Waals surface area contributed by atoms with Crippen molar-refractivity contribution >= 4 is 40.6 Å². The second kappa shape index (κ2) is 6.73. The molecular weight excluding hydrogens is 359 g/mol. The van der Waals surface area contributed by atoms with E-state index < -0.39 is 15.9 Å². The number of amides is 1. The third-order valence-corrected chi connectivity index (χ3v) is 4.65. The van der Waals surface area contributed by atoms with Crippen LogP contribution in [0, 0.1) is 0 Å². The molecule has 1 N–H and O–H groups in total. The summed E-state index contributed by atoms with van der Waals surface area (Å²) in [6, 6.07) is 6.54. The zero-order valence-corrected chi connectivity index (χ0v) is 14.6. The quantitative estimate of drug-likeness (QED) is 0.680. The van der Waals surface area contributed by atoms with Crippen LogP contribution >= 0.6 is 11.3 Å². The average Bonchev–Trinajstić information content (AvgIpc) is 3.03. The van der Waals surface area contributed by atoms with Gasteiger partial charge in [0.25, 0.3) is 5.91 Å². The van der Waals surface area contributed by atoms with Gasteiger partial charge in [-0.25, -0.2) is 23.1 Å². The third-order valence-electron chi connectivity index (χ3n) is 3.02. The van der Waals surface area contributed by atoms with Crippen LogP contribution in [0.25, 0.3) is 21.1 Å². The van der Waals surface area contributed by atoms with Gasteiger partial charge in [-0.1, -0.05) is 17.6 Å². The van der Waals surface area contributed by atoms with Crippen molar-refractivity contribution in [2.24, 2.45) is 0 Å². The molecule has 3 aromatic rings. The Morgan fingerprint density at radius 3 is 2.76 bits per heavy atom. The van der Waals surface area contributed by atoms with E-state index in [1.54, 1.807) is 36.8 Å². The van der Waals surface area contributed by atoms with Crippen molar-refractivity contribution in [1.82, 2.24) is 19.7 Å². The third kappa shape index (κ3) is 4.28. The first-order chi connectivity index (χ1) is 11.8. The molecule has 0 aromatic carbocycles. The second-order valence-corrected chi connectivity index (χ2v) is 7.93. The van der Waals surface area contributed by atoms with E-state index >= 15 is 0 Å². The van der Waals surface area contributed by atoms with Gasteiger partial charge < -0.3 is 0 Å². The molecule has 1 amide bonds. The topological polar surface area (TPSA) is 102 Å². The molecule has 7 nitrogen and oxygen atoms in total. The van der Waals surface area contributed by atoms with Crippen LogP contribution < -0.4 is 10.2 Å². The van der Waals surface area contributed by atoms with E-state index in [9.17, 15) is 13.2 Å². The largest absolute Gasteiger partial charge is 0.283 e. The Kier molecular flexibility index (Phi) is 4.64. The molecule has 10 heteroatoms. The monoisotopic (exact) mass is 370 g/mol. The molecule has 0 fully saturated rings. The number of thiazole rings is 1. The SMILES string of the molecule is [B]c1cncc(-c2ncc(-c3cccc(C(=O)NS(C)(=O)=O)n3)s2)c1. The Morgan fingerprint density at radius 1 is 1.24 bits per heavy atom. The van der Waals surface area contributed by atoms with E-state index in [4.69, 9.17) is 7.85 Å². The first-order valence-electron chi connectivity index (χ1n) is 6.98. The van der Waals surface area contributed by atoms with Crippen molar-refractivity contribution in [3.05, 3.63) is 48.5 Å². The highest BCUT2D eigenvalue weighted by Crippen LogP contribution is 2.30. The lowest BCUT2D eigenvalue weighted by atomic mass is 9.97. The Bertz CT molecular complexity index is 1050. The summed E-state index contributed by atoms with van der Waals surface area (Å²) in [5, 5.41) is 0.711. The van der Waals surface area contributed by atoms with E-state index in [2.05, 4.69) is 15.0 Å². The summed E-state index contributed by atoms with van der Waals surface area (Å²) in [5.41, 5.74) is 1.83. The number of carbonyl (C=O) groups excluding carboxylic acids is 1. The van der Waals surface area contributed by atoms with E-state index in [1.165, 1.54) is 17.4 Å². The van der Waals surface area contributed by atoms with Crippen LogP contribution in [-0.2, 0) is 10.0 Å².